The van der Waals surface area contributed by atoms with E-state index in [0.717, 1.165) is 6.42 Å². The number of aliphatic hydroxyl groups is 1. The molecular formula is C11H22O2. The van der Waals surface area contributed by atoms with Gasteiger partial charge in [-0.3, -0.25) is 0 Å². The van der Waals surface area contributed by atoms with E-state index >= 15 is 0 Å². The molecule has 2 heteroatoms. The topological polar surface area (TPSA) is 29.5 Å². The van der Waals surface area contributed by atoms with Crippen LogP contribution in [-0.4, -0.2) is 24.9 Å². The van der Waals surface area contributed by atoms with Gasteiger partial charge in [-0.15, -0.1) is 0 Å². The van der Waals surface area contributed by atoms with Gasteiger partial charge in [0.05, 0.1) is 12.7 Å². The molecule has 0 aliphatic carbocycles. The van der Waals surface area contributed by atoms with Crippen LogP contribution >= 0.6 is 0 Å². The van der Waals surface area contributed by atoms with Crippen LogP contribution in [0, 0.1) is 11.8 Å². The summed E-state index contributed by atoms with van der Waals surface area (Å²) < 4.78 is 5.39. The van der Waals surface area contributed by atoms with Gasteiger partial charge in [-0.25, -0.2) is 0 Å². The molecule has 0 saturated heterocycles. The summed E-state index contributed by atoms with van der Waals surface area (Å²) in [4.78, 5) is 0. The zero-order valence-electron chi connectivity index (χ0n) is 9.16. The van der Waals surface area contributed by atoms with Crippen molar-refractivity contribution in [2.45, 2.75) is 33.3 Å². The Labute approximate surface area is 81.6 Å². The van der Waals surface area contributed by atoms with Gasteiger partial charge in [-0.2, -0.15) is 0 Å². The van der Waals surface area contributed by atoms with Crippen LogP contribution in [0.25, 0.3) is 0 Å². The monoisotopic (exact) mass is 186 g/mol. The van der Waals surface area contributed by atoms with Gasteiger partial charge < -0.3 is 9.84 Å². The standard InChI is InChI=1S/C11H22O2/c1-9(2)10(3)11(13-4)7-5-6-8-12/h5-6,9-12H,7-8H2,1-4H3/b6-5+. The van der Waals surface area contributed by atoms with E-state index < -0.39 is 0 Å². The average molecular weight is 186 g/mol. The van der Waals surface area contributed by atoms with Crippen LogP contribution < -0.4 is 0 Å². The largest absolute Gasteiger partial charge is 0.392 e. The molecule has 2 atom stereocenters. The molecule has 0 aliphatic rings. The fourth-order valence-electron chi connectivity index (χ4n) is 1.26. The maximum absolute atomic E-state index is 8.57. The third kappa shape index (κ3) is 5.06. The van der Waals surface area contributed by atoms with Crippen LogP contribution in [0.4, 0.5) is 0 Å². The fraction of sp³-hybridized carbons (Fsp3) is 0.818. The molecule has 0 aromatic heterocycles. The van der Waals surface area contributed by atoms with Gasteiger partial charge >= 0.3 is 0 Å². The van der Waals surface area contributed by atoms with Crippen LogP contribution in [0.5, 0.6) is 0 Å². The summed E-state index contributed by atoms with van der Waals surface area (Å²) in [7, 11) is 1.75. The zero-order valence-corrected chi connectivity index (χ0v) is 9.16. The minimum absolute atomic E-state index is 0.118. The van der Waals surface area contributed by atoms with Gasteiger partial charge in [0, 0.05) is 7.11 Å². The van der Waals surface area contributed by atoms with Gasteiger partial charge in [0.2, 0.25) is 0 Å². The Morgan fingerprint density at radius 2 is 1.85 bits per heavy atom. The predicted molar refractivity (Wildman–Crippen MR) is 55.6 cm³/mol. The van der Waals surface area contributed by atoms with Crippen LogP contribution in [-0.2, 0) is 4.74 Å². The second kappa shape index (κ2) is 7.10. The highest BCUT2D eigenvalue weighted by molar-refractivity contribution is 4.85. The number of methoxy groups -OCH3 is 1. The first-order valence-corrected chi connectivity index (χ1v) is 4.92. The minimum Gasteiger partial charge on any atom is -0.392 e. The second-order valence-corrected chi connectivity index (χ2v) is 3.77. The van der Waals surface area contributed by atoms with Crippen molar-refractivity contribution in [2.24, 2.45) is 11.8 Å². The highest BCUT2D eigenvalue weighted by Gasteiger charge is 2.17. The first-order chi connectivity index (χ1) is 6.13. The van der Waals surface area contributed by atoms with Crippen LogP contribution in [0.15, 0.2) is 12.2 Å². The van der Waals surface area contributed by atoms with E-state index in [0.29, 0.717) is 11.8 Å². The first-order valence-electron chi connectivity index (χ1n) is 4.92. The van der Waals surface area contributed by atoms with Crippen molar-refractivity contribution in [1.82, 2.24) is 0 Å². The quantitative estimate of drug-likeness (QED) is 0.645. The molecule has 0 fully saturated rings. The van der Waals surface area contributed by atoms with Crippen molar-refractivity contribution in [3.8, 4) is 0 Å². The molecular weight excluding hydrogens is 164 g/mol. The smallest absolute Gasteiger partial charge is 0.0633 e. The molecule has 0 radical (unpaired) electrons. The third-order valence-corrected chi connectivity index (χ3v) is 2.58. The number of ether oxygens (including phenoxy) is 1. The molecule has 0 amide bonds. The molecule has 0 aromatic rings. The molecule has 1 N–H and O–H groups in total. The van der Waals surface area contributed by atoms with Gasteiger partial charge in [0.15, 0.2) is 0 Å². The van der Waals surface area contributed by atoms with Crippen molar-refractivity contribution < 1.29 is 9.84 Å². The summed E-state index contributed by atoms with van der Waals surface area (Å²) in [6.45, 7) is 6.72. The Balaban J connectivity index is 3.94. The number of rotatable bonds is 6. The van der Waals surface area contributed by atoms with E-state index in [9.17, 15) is 0 Å². The third-order valence-electron chi connectivity index (χ3n) is 2.58. The van der Waals surface area contributed by atoms with Crippen molar-refractivity contribution >= 4 is 0 Å². The molecule has 2 unspecified atom stereocenters. The second-order valence-electron chi connectivity index (χ2n) is 3.77. The van der Waals surface area contributed by atoms with Crippen LogP contribution in [0.3, 0.4) is 0 Å². The van der Waals surface area contributed by atoms with Gasteiger partial charge in [0.1, 0.15) is 0 Å². The summed E-state index contributed by atoms with van der Waals surface area (Å²) in [5.74, 6) is 1.18. The fourth-order valence-corrected chi connectivity index (χ4v) is 1.26. The molecule has 0 aliphatic heterocycles. The lowest BCUT2D eigenvalue weighted by Gasteiger charge is -2.24. The van der Waals surface area contributed by atoms with Crippen molar-refractivity contribution in [3.05, 3.63) is 12.2 Å². The summed E-state index contributed by atoms with van der Waals surface area (Å²) in [5.41, 5.74) is 0. The lowest BCUT2D eigenvalue weighted by atomic mass is 9.90. The van der Waals surface area contributed by atoms with E-state index in [1.165, 1.54) is 0 Å². The highest BCUT2D eigenvalue weighted by atomic mass is 16.5. The Morgan fingerprint density at radius 3 is 2.23 bits per heavy atom. The van der Waals surface area contributed by atoms with Crippen molar-refractivity contribution in [1.29, 1.82) is 0 Å². The zero-order chi connectivity index (χ0) is 10.3. The molecule has 0 bridgehead atoms. The normalized spacial score (nSPS) is 16.8. The Kier molecular flexibility index (Phi) is 6.92. The highest BCUT2D eigenvalue weighted by Crippen LogP contribution is 2.19. The average Bonchev–Trinajstić information content (AvgIpc) is 2.11. The minimum atomic E-state index is 0.118. The van der Waals surface area contributed by atoms with Crippen LogP contribution in [0.2, 0.25) is 0 Å². The maximum Gasteiger partial charge on any atom is 0.0633 e. The van der Waals surface area contributed by atoms with Gasteiger partial charge in [-0.05, 0) is 18.3 Å². The molecule has 78 valence electrons. The van der Waals surface area contributed by atoms with Crippen molar-refractivity contribution in [3.63, 3.8) is 0 Å². The van der Waals surface area contributed by atoms with E-state index in [4.69, 9.17) is 9.84 Å². The Morgan fingerprint density at radius 1 is 1.23 bits per heavy atom. The summed E-state index contributed by atoms with van der Waals surface area (Å²) in [6.07, 6.45) is 4.89. The molecule has 0 spiro atoms. The summed E-state index contributed by atoms with van der Waals surface area (Å²) >= 11 is 0. The first kappa shape index (κ1) is 12.7. The number of hydrogen-bond acceptors (Lipinski definition) is 2. The Hall–Kier alpha value is -0.340. The maximum atomic E-state index is 8.57. The van der Waals surface area contributed by atoms with E-state index in [1.807, 2.05) is 6.08 Å². The Bertz CT molecular complexity index is 141. The van der Waals surface area contributed by atoms with E-state index in [2.05, 4.69) is 20.8 Å². The van der Waals surface area contributed by atoms with E-state index in [1.54, 1.807) is 13.2 Å². The molecule has 0 rings (SSSR count). The predicted octanol–water partition coefficient (Wildman–Crippen LogP) is 2.23. The van der Waals surface area contributed by atoms with Gasteiger partial charge in [-0.1, -0.05) is 32.9 Å². The number of hydrogen-bond donors (Lipinski definition) is 1. The van der Waals surface area contributed by atoms with Gasteiger partial charge in [0.25, 0.3) is 0 Å². The molecule has 2 nitrogen and oxygen atoms in total. The molecule has 0 saturated carbocycles. The lowest BCUT2D eigenvalue weighted by molar-refractivity contribution is 0.0433. The SMILES string of the molecule is COC(C/C=C/CO)C(C)C(C)C. The summed E-state index contributed by atoms with van der Waals surface area (Å²) in [5, 5.41) is 8.57. The number of aliphatic hydroxyl groups excluding tert-OH is 1. The lowest BCUT2D eigenvalue weighted by Crippen LogP contribution is -2.23. The molecule has 13 heavy (non-hydrogen) atoms. The molecule has 0 aromatic carbocycles. The van der Waals surface area contributed by atoms with Crippen molar-refractivity contribution in [2.75, 3.05) is 13.7 Å². The van der Waals surface area contributed by atoms with E-state index in [-0.39, 0.29) is 12.7 Å². The summed E-state index contributed by atoms with van der Waals surface area (Å²) in [6, 6.07) is 0. The van der Waals surface area contributed by atoms with Crippen LogP contribution in [0.1, 0.15) is 27.2 Å². The molecule has 0 heterocycles.